The molecule has 1 aromatic rings. The molecule has 0 aliphatic heterocycles. The quantitative estimate of drug-likeness (QED) is 0.856. The minimum atomic E-state index is -0.238. The fourth-order valence-corrected chi connectivity index (χ4v) is 2.85. The maximum absolute atomic E-state index is 12.6. The molecule has 1 saturated carbocycles. The normalized spacial score (nSPS) is 16.1. The molecule has 3 N–H and O–H groups in total. The molecule has 1 fully saturated rings. The summed E-state index contributed by atoms with van der Waals surface area (Å²) in [7, 11) is 0. The minimum Gasteiger partial charge on any atom is -0.336 e. The number of hydrogen-bond donors (Lipinski definition) is 2. The van der Waals surface area contributed by atoms with Crippen LogP contribution in [0.3, 0.4) is 0 Å². The number of pyridine rings is 1. The molecule has 110 valence electrons. The summed E-state index contributed by atoms with van der Waals surface area (Å²) in [5.41, 5.74) is 5.81. The summed E-state index contributed by atoms with van der Waals surface area (Å²) in [4.78, 5) is 28.5. The molecule has 0 spiro atoms. The molecular formula is C15H23N3O2. The highest BCUT2D eigenvalue weighted by molar-refractivity contribution is 5.94. The van der Waals surface area contributed by atoms with Gasteiger partial charge in [-0.25, -0.2) is 0 Å². The van der Waals surface area contributed by atoms with Crippen molar-refractivity contribution in [1.82, 2.24) is 9.88 Å². The topological polar surface area (TPSA) is 79.2 Å². The molecule has 0 radical (unpaired) electrons. The van der Waals surface area contributed by atoms with E-state index in [0.29, 0.717) is 24.7 Å². The molecule has 0 atom stereocenters. The van der Waals surface area contributed by atoms with E-state index in [-0.39, 0.29) is 11.5 Å². The summed E-state index contributed by atoms with van der Waals surface area (Å²) in [6.45, 7) is 1.25. The van der Waals surface area contributed by atoms with Crippen molar-refractivity contribution in [2.45, 2.75) is 44.6 Å². The summed E-state index contributed by atoms with van der Waals surface area (Å²) in [5, 5.41) is 0. The summed E-state index contributed by atoms with van der Waals surface area (Å²) in [6.07, 6.45) is 8.03. The molecule has 0 aromatic carbocycles. The van der Waals surface area contributed by atoms with Crippen molar-refractivity contribution in [3.8, 4) is 0 Å². The van der Waals surface area contributed by atoms with Crippen molar-refractivity contribution < 1.29 is 4.79 Å². The van der Waals surface area contributed by atoms with Crippen molar-refractivity contribution in [2.75, 3.05) is 13.1 Å². The lowest BCUT2D eigenvalue weighted by Crippen LogP contribution is -2.42. The number of nitrogens with two attached hydrogens (primary N) is 1. The lowest BCUT2D eigenvalue weighted by atomic mass is 9.93. The number of aromatic nitrogens is 1. The van der Waals surface area contributed by atoms with Crippen LogP contribution in [0.5, 0.6) is 0 Å². The van der Waals surface area contributed by atoms with Gasteiger partial charge < -0.3 is 15.6 Å². The molecule has 1 amide bonds. The van der Waals surface area contributed by atoms with Gasteiger partial charge in [-0.15, -0.1) is 0 Å². The molecule has 1 aromatic heterocycles. The fraction of sp³-hybridized carbons (Fsp3) is 0.600. The molecule has 5 heteroatoms. The van der Waals surface area contributed by atoms with Crippen LogP contribution in [0, 0.1) is 0 Å². The monoisotopic (exact) mass is 277 g/mol. The molecule has 1 aliphatic rings. The van der Waals surface area contributed by atoms with Gasteiger partial charge in [-0.3, -0.25) is 9.59 Å². The third-order valence-electron chi connectivity index (χ3n) is 3.90. The van der Waals surface area contributed by atoms with E-state index in [0.717, 1.165) is 19.3 Å². The standard InChI is InChI=1S/C15H23N3O2/c16-8-4-10-18(13-5-2-1-3-6-13)15(20)12-7-9-17-14(19)11-12/h7,9,11,13H,1-6,8,10,16H2,(H,17,19). The Morgan fingerprint density at radius 3 is 2.75 bits per heavy atom. The first-order chi connectivity index (χ1) is 9.72. The zero-order valence-electron chi connectivity index (χ0n) is 11.8. The molecule has 0 bridgehead atoms. The minimum absolute atomic E-state index is 0.0450. The average molecular weight is 277 g/mol. The number of H-pyrrole nitrogens is 1. The molecule has 0 unspecified atom stereocenters. The number of hydrogen-bond acceptors (Lipinski definition) is 3. The maximum atomic E-state index is 12.6. The van der Waals surface area contributed by atoms with Crippen LogP contribution in [0.25, 0.3) is 0 Å². The molecule has 1 aliphatic carbocycles. The zero-order valence-corrected chi connectivity index (χ0v) is 11.8. The first-order valence-corrected chi connectivity index (χ1v) is 7.42. The highest BCUT2D eigenvalue weighted by atomic mass is 16.2. The summed E-state index contributed by atoms with van der Waals surface area (Å²) < 4.78 is 0. The van der Waals surface area contributed by atoms with E-state index < -0.39 is 0 Å². The second-order valence-corrected chi connectivity index (χ2v) is 5.37. The Hall–Kier alpha value is -1.62. The predicted molar refractivity (Wildman–Crippen MR) is 78.6 cm³/mol. The Kier molecular flexibility index (Phi) is 5.35. The van der Waals surface area contributed by atoms with Gasteiger partial charge in [-0.05, 0) is 31.9 Å². The van der Waals surface area contributed by atoms with Crippen LogP contribution >= 0.6 is 0 Å². The van der Waals surface area contributed by atoms with E-state index in [1.165, 1.54) is 31.5 Å². The number of rotatable bonds is 5. The molecule has 1 heterocycles. The van der Waals surface area contributed by atoms with Crippen LogP contribution in [0.2, 0.25) is 0 Å². The van der Waals surface area contributed by atoms with Crippen molar-refractivity contribution in [2.24, 2.45) is 5.73 Å². The van der Waals surface area contributed by atoms with E-state index >= 15 is 0 Å². The van der Waals surface area contributed by atoms with Crippen molar-refractivity contribution >= 4 is 5.91 Å². The number of aromatic amines is 1. The first kappa shape index (κ1) is 14.8. The Labute approximate surface area is 119 Å². The SMILES string of the molecule is NCCCN(C(=O)c1cc[nH]c(=O)c1)C1CCCCC1. The van der Waals surface area contributed by atoms with Gasteiger partial charge in [-0.2, -0.15) is 0 Å². The fourth-order valence-electron chi connectivity index (χ4n) is 2.85. The third kappa shape index (κ3) is 3.70. The van der Waals surface area contributed by atoms with Crippen molar-refractivity contribution in [3.63, 3.8) is 0 Å². The zero-order chi connectivity index (χ0) is 14.4. The highest BCUT2D eigenvalue weighted by Crippen LogP contribution is 2.24. The number of nitrogens with one attached hydrogen (secondary N) is 1. The van der Waals surface area contributed by atoms with Crippen LogP contribution in [0.15, 0.2) is 23.1 Å². The van der Waals surface area contributed by atoms with Crippen LogP contribution in [0.1, 0.15) is 48.9 Å². The smallest absolute Gasteiger partial charge is 0.254 e. The molecular weight excluding hydrogens is 254 g/mol. The highest BCUT2D eigenvalue weighted by Gasteiger charge is 2.25. The average Bonchev–Trinajstić information content (AvgIpc) is 2.48. The first-order valence-electron chi connectivity index (χ1n) is 7.42. The van der Waals surface area contributed by atoms with Crippen molar-refractivity contribution in [3.05, 3.63) is 34.2 Å². The van der Waals surface area contributed by atoms with E-state index in [2.05, 4.69) is 4.98 Å². The Bertz CT molecular complexity index is 492. The van der Waals surface area contributed by atoms with Gasteiger partial charge >= 0.3 is 0 Å². The molecule has 2 rings (SSSR count). The lowest BCUT2D eigenvalue weighted by Gasteiger charge is -2.34. The van der Waals surface area contributed by atoms with E-state index in [9.17, 15) is 9.59 Å². The van der Waals surface area contributed by atoms with Gasteiger partial charge in [-0.1, -0.05) is 19.3 Å². The van der Waals surface area contributed by atoms with Gasteiger partial charge in [0.25, 0.3) is 5.91 Å². The van der Waals surface area contributed by atoms with E-state index in [1.807, 2.05) is 4.90 Å². The summed E-state index contributed by atoms with van der Waals surface area (Å²) in [6, 6.07) is 3.34. The van der Waals surface area contributed by atoms with E-state index in [4.69, 9.17) is 5.73 Å². The Balaban J connectivity index is 2.16. The maximum Gasteiger partial charge on any atom is 0.254 e. The number of carbonyl (C=O) groups is 1. The van der Waals surface area contributed by atoms with Gasteiger partial charge in [0.05, 0.1) is 0 Å². The Morgan fingerprint density at radius 1 is 1.35 bits per heavy atom. The largest absolute Gasteiger partial charge is 0.336 e. The third-order valence-corrected chi connectivity index (χ3v) is 3.90. The summed E-state index contributed by atoms with van der Waals surface area (Å²) >= 11 is 0. The van der Waals surface area contributed by atoms with Crippen LogP contribution in [-0.4, -0.2) is 34.9 Å². The number of carbonyl (C=O) groups excluding carboxylic acids is 1. The van der Waals surface area contributed by atoms with Gasteiger partial charge in [0.15, 0.2) is 0 Å². The van der Waals surface area contributed by atoms with E-state index in [1.54, 1.807) is 6.07 Å². The number of nitrogens with zero attached hydrogens (tertiary/aromatic N) is 1. The second-order valence-electron chi connectivity index (χ2n) is 5.37. The van der Waals surface area contributed by atoms with Crippen LogP contribution < -0.4 is 11.3 Å². The molecule has 5 nitrogen and oxygen atoms in total. The van der Waals surface area contributed by atoms with Crippen LogP contribution in [-0.2, 0) is 0 Å². The Morgan fingerprint density at radius 2 is 2.10 bits per heavy atom. The second kappa shape index (κ2) is 7.24. The van der Waals surface area contributed by atoms with Gasteiger partial charge in [0.1, 0.15) is 0 Å². The summed E-state index contributed by atoms with van der Waals surface area (Å²) in [5.74, 6) is -0.0450. The van der Waals surface area contributed by atoms with Crippen molar-refractivity contribution in [1.29, 1.82) is 0 Å². The van der Waals surface area contributed by atoms with Gasteiger partial charge in [0.2, 0.25) is 5.56 Å². The number of amides is 1. The lowest BCUT2D eigenvalue weighted by molar-refractivity contribution is 0.0632. The molecule has 20 heavy (non-hydrogen) atoms. The van der Waals surface area contributed by atoms with Gasteiger partial charge in [0, 0.05) is 30.4 Å². The van der Waals surface area contributed by atoms with Crippen LogP contribution in [0.4, 0.5) is 0 Å². The predicted octanol–water partition coefficient (Wildman–Crippen LogP) is 1.50. The molecule has 0 saturated heterocycles.